The molecule has 0 amide bonds. The third kappa shape index (κ3) is 2.48. The highest BCUT2D eigenvalue weighted by atomic mass is 32.1. The Morgan fingerprint density at radius 2 is 1.96 bits per heavy atom. The fourth-order valence-electron chi connectivity index (χ4n) is 2.36. The van der Waals surface area contributed by atoms with E-state index in [1.54, 1.807) is 24.3 Å². The number of aryl methyl sites for hydroxylation is 1. The van der Waals surface area contributed by atoms with E-state index in [1.165, 1.54) is 16.0 Å². The first-order valence-electron chi connectivity index (χ1n) is 7.00. The second-order valence-electron chi connectivity index (χ2n) is 5.28. The van der Waals surface area contributed by atoms with Crippen molar-refractivity contribution in [2.45, 2.75) is 13.1 Å². The number of para-hydroxylation sites is 1. The average Bonchev–Trinajstić information content (AvgIpc) is 3.22. The van der Waals surface area contributed by atoms with Gasteiger partial charge in [0, 0.05) is 5.39 Å². The molecule has 0 fully saturated rings. The number of alkyl halides is 3. The largest absolute Gasteiger partial charge is 0.453 e. The van der Waals surface area contributed by atoms with Crippen LogP contribution in [0.2, 0.25) is 0 Å². The van der Waals surface area contributed by atoms with Crippen molar-refractivity contribution in [3.8, 4) is 16.6 Å². The van der Waals surface area contributed by atoms with Gasteiger partial charge in [-0.1, -0.05) is 18.2 Å². The first-order valence-corrected chi connectivity index (χ1v) is 7.88. The summed E-state index contributed by atoms with van der Waals surface area (Å²) in [4.78, 5) is 3.67. The van der Waals surface area contributed by atoms with Gasteiger partial charge in [-0.2, -0.15) is 22.8 Å². The highest BCUT2D eigenvalue weighted by Crippen LogP contribution is 2.33. The van der Waals surface area contributed by atoms with Crippen LogP contribution in [0.3, 0.4) is 0 Å². The number of aromatic nitrogens is 3. The smallest absolute Gasteiger partial charge is 0.453 e. The van der Waals surface area contributed by atoms with Gasteiger partial charge in [0.1, 0.15) is 10.6 Å². The van der Waals surface area contributed by atoms with Crippen LogP contribution in [0.1, 0.15) is 11.4 Å². The molecule has 0 spiro atoms. The minimum Gasteiger partial charge on any atom is -0.453 e. The van der Waals surface area contributed by atoms with Gasteiger partial charge < -0.3 is 4.42 Å². The zero-order valence-corrected chi connectivity index (χ0v) is 13.1. The highest BCUT2D eigenvalue weighted by molar-refractivity contribution is 7.12. The summed E-state index contributed by atoms with van der Waals surface area (Å²) < 4.78 is 46.0. The van der Waals surface area contributed by atoms with Crippen molar-refractivity contribution in [2.75, 3.05) is 0 Å². The van der Waals surface area contributed by atoms with E-state index in [9.17, 15) is 13.2 Å². The molecule has 3 aromatic heterocycles. The standard InChI is InChI=1S/C16H10F3N3OS/c1-9-6-13(24-8-9)22-14(20-15(21-22)16(17,18)19)12-7-10-4-2-3-5-11(10)23-12/h2-8H,1H3. The van der Waals surface area contributed by atoms with Gasteiger partial charge in [0.15, 0.2) is 11.6 Å². The van der Waals surface area contributed by atoms with Crippen molar-refractivity contribution in [1.82, 2.24) is 14.8 Å². The Bertz CT molecular complexity index is 996. The van der Waals surface area contributed by atoms with E-state index in [-0.39, 0.29) is 11.6 Å². The second kappa shape index (κ2) is 5.20. The molecule has 0 aliphatic heterocycles. The maximum atomic E-state index is 13.1. The molecule has 4 rings (SSSR count). The number of hydrogen-bond donors (Lipinski definition) is 0. The fraction of sp³-hybridized carbons (Fsp3) is 0.125. The first kappa shape index (κ1) is 14.9. The third-order valence-electron chi connectivity index (χ3n) is 3.43. The SMILES string of the molecule is Cc1csc(-n2nc(C(F)(F)F)nc2-c2cc3ccccc3o2)c1. The molecule has 4 nitrogen and oxygen atoms in total. The molecule has 0 aliphatic rings. The Morgan fingerprint density at radius 3 is 2.62 bits per heavy atom. The van der Waals surface area contributed by atoms with Crippen LogP contribution in [0, 0.1) is 6.92 Å². The molecule has 4 aromatic rings. The Kier molecular flexibility index (Phi) is 3.24. The summed E-state index contributed by atoms with van der Waals surface area (Å²) in [5.41, 5.74) is 1.52. The Morgan fingerprint density at radius 1 is 1.17 bits per heavy atom. The van der Waals surface area contributed by atoms with Crippen molar-refractivity contribution in [2.24, 2.45) is 0 Å². The highest BCUT2D eigenvalue weighted by Gasteiger charge is 2.38. The number of nitrogens with zero attached hydrogens (tertiary/aromatic N) is 3. The van der Waals surface area contributed by atoms with Gasteiger partial charge in [0.25, 0.3) is 5.82 Å². The molecule has 0 atom stereocenters. The van der Waals surface area contributed by atoms with Crippen molar-refractivity contribution < 1.29 is 17.6 Å². The quantitative estimate of drug-likeness (QED) is 0.507. The number of furan rings is 1. The summed E-state index contributed by atoms with van der Waals surface area (Å²) in [6, 6.07) is 10.6. The maximum Gasteiger partial charge on any atom is 0.453 e. The normalized spacial score (nSPS) is 12.2. The lowest BCUT2D eigenvalue weighted by Gasteiger charge is -2.00. The van der Waals surface area contributed by atoms with Crippen LogP contribution in [0.5, 0.6) is 0 Å². The number of hydrogen-bond acceptors (Lipinski definition) is 4. The van der Waals surface area contributed by atoms with Crippen molar-refractivity contribution >= 4 is 22.3 Å². The number of fused-ring (bicyclic) bond motifs is 1. The Balaban J connectivity index is 1.94. The van der Waals surface area contributed by atoms with Crippen LogP contribution >= 0.6 is 11.3 Å². The summed E-state index contributed by atoms with van der Waals surface area (Å²) in [6.07, 6.45) is -4.63. The molecule has 0 unspecified atom stereocenters. The number of rotatable bonds is 2. The van der Waals surface area contributed by atoms with Crippen LogP contribution in [-0.4, -0.2) is 14.8 Å². The van der Waals surface area contributed by atoms with Crippen LogP contribution in [0.4, 0.5) is 13.2 Å². The minimum atomic E-state index is -4.63. The van der Waals surface area contributed by atoms with Crippen LogP contribution in [-0.2, 0) is 6.18 Å². The van der Waals surface area contributed by atoms with Gasteiger partial charge in [-0.05, 0) is 36.1 Å². The molecule has 0 bridgehead atoms. The molecule has 0 N–H and O–H groups in total. The van der Waals surface area contributed by atoms with Gasteiger partial charge in [0.2, 0.25) is 0 Å². The molecule has 24 heavy (non-hydrogen) atoms. The second-order valence-corrected chi connectivity index (χ2v) is 6.17. The van der Waals surface area contributed by atoms with E-state index in [4.69, 9.17) is 4.42 Å². The van der Waals surface area contributed by atoms with Crippen LogP contribution in [0.15, 0.2) is 46.2 Å². The molecule has 0 aliphatic carbocycles. The number of benzene rings is 1. The lowest BCUT2D eigenvalue weighted by Crippen LogP contribution is -2.08. The zero-order valence-electron chi connectivity index (χ0n) is 12.3. The van der Waals surface area contributed by atoms with Crippen LogP contribution in [0.25, 0.3) is 27.6 Å². The number of halogens is 3. The molecular weight excluding hydrogens is 339 g/mol. The zero-order chi connectivity index (χ0) is 16.9. The monoisotopic (exact) mass is 349 g/mol. The topological polar surface area (TPSA) is 43.9 Å². The minimum absolute atomic E-state index is 0.0281. The molecule has 122 valence electrons. The van der Waals surface area contributed by atoms with Crippen molar-refractivity contribution in [3.05, 3.63) is 53.2 Å². The van der Waals surface area contributed by atoms with E-state index in [0.29, 0.717) is 10.6 Å². The Labute approximate surface area is 138 Å². The molecule has 0 radical (unpaired) electrons. The lowest BCUT2D eigenvalue weighted by atomic mass is 10.2. The third-order valence-corrected chi connectivity index (χ3v) is 4.45. The summed E-state index contributed by atoms with van der Waals surface area (Å²) in [5, 5.41) is 6.82. The van der Waals surface area contributed by atoms with E-state index in [0.717, 1.165) is 10.9 Å². The summed E-state index contributed by atoms with van der Waals surface area (Å²) in [5.74, 6) is -0.922. The first-order chi connectivity index (χ1) is 11.4. The number of thiophene rings is 1. The van der Waals surface area contributed by atoms with E-state index >= 15 is 0 Å². The van der Waals surface area contributed by atoms with E-state index in [2.05, 4.69) is 10.1 Å². The molecule has 3 heterocycles. The van der Waals surface area contributed by atoms with Gasteiger partial charge in [-0.25, -0.2) is 0 Å². The predicted octanol–water partition coefficient (Wildman–Crippen LogP) is 5.07. The summed E-state index contributed by atoms with van der Waals surface area (Å²) in [7, 11) is 0. The van der Waals surface area contributed by atoms with Gasteiger partial charge in [0.05, 0.1) is 0 Å². The van der Waals surface area contributed by atoms with E-state index in [1.807, 2.05) is 24.4 Å². The fourth-order valence-corrected chi connectivity index (χ4v) is 3.22. The van der Waals surface area contributed by atoms with E-state index < -0.39 is 12.0 Å². The van der Waals surface area contributed by atoms with Crippen LogP contribution < -0.4 is 0 Å². The van der Waals surface area contributed by atoms with Gasteiger partial charge in [-0.3, -0.25) is 0 Å². The van der Waals surface area contributed by atoms with Gasteiger partial charge >= 0.3 is 6.18 Å². The predicted molar refractivity (Wildman–Crippen MR) is 84.2 cm³/mol. The molecule has 0 saturated heterocycles. The van der Waals surface area contributed by atoms with Crippen molar-refractivity contribution in [1.29, 1.82) is 0 Å². The molecule has 8 heteroatoms. The maximum absolute atomic E-state index is 13.1. The molecule has 0 saturated carbocycles. The molecule has 1 aromatic carbocycles. The molecular formula is C16H10F3N3OS. The summed E-state index contributed by atoms with van der Waals surface area (Å²) >= 11 is 1.29. The van der Waals surface area contributed by atoms with Gasteiger partial charge in [-0.15, -0.1) is 16.4 Å². The Hall–Kier alpha value is -2.61. The average molecular weight is 349 g/mol. The van der Waals surface area contributed by atoms with Crippen molar-refractivity contribution in [3.63, 3.8) is 0 Å². The lowest BCUT2D eigenvalue weighted by molar-refractivity contribution is -0.144. The summed E-state index contributed by atoms with van der Waals surface area (Å²) in [6.45, 7) is 1.86.